The highest BCUT2D eigenvalue weighted by Crippen LogP contribution is 2.21. The second-order valence-electron chi connectivity index (χ2n) is 8.43. The number of anilines is 2. The molecule has 0 aliphatic rings. The predicted molar refractivity (Wildman–Crippen MR) is 136 cm³/mol. The van der Waals surface area contributed by atoms with Gasteiger partial charge in [0.2, 0.25) is 0 Å². The topological polar surface area (TPSA) is 79.7 Å². The Bertz CT molecular complexity index is 921. The highest BCUT2D eigenvalue weighted by molar-refractivity contribution is 6.11. The number of nitrogens with zero attached hydrogens (tertiary/aromatic N) is 2. The Morgan fingerprint density at radius 3 is 2.42 bits per heavy atom. The third-order valence-corrected chi connectivity index (χ3v) is 5.00. The number of likely N-dealkylation sites (N-methyl/N-ethyl adjacent to an activating group) is 1. The molecule has 2 aromatic carbocycles. The largest absolute Gasteiger partial charge is 0.405 e. The van der Waals surface area contributed by atoms with Gasteiger partial charge in [-0.2, -0.15) is 0 Å². The van der Waals surface area contributed by atoms with Gasteiger partial charge in [-0.05, 0) is 81.0 Å². The molecular formula is C26H37N5. The number of nitrogens with one attached hydrogen (secondary N) is 1. The summed E-state index contributed by atoms with van der Waals surface area (Å²) in [6.45, 7) is 8.03. The minimum Gasteiger partial charge on any atom is -0.405 e. The Labute approximate surface area is 187 Å². The van der Waals surface area contributed by atoms with Crippen LogP contribution >= 0.6 is 0 Å². The van der Waals surface area contributed by atoms with Gasteiger partial charge in [-0.25, -0.2) is 0 Å². The summed E-state index contributed by atoms with van der Waals surface area (Å²) in [5, 5.41) is 3.48. The van der Waals surface area contributed by atoms with Gasteiger partial charge in [-0.3, -0.25) is 4.99 Å². The molecule has 0 spiro atoms. The van der Waals surface area contributed by atoms with E-state index in [9.17, 15) is 0 Å². The molecule has 0 atom stereocenters. The molecule has 0 saturated heterocycles. The van der Waals surface area contributed by atoms with Crippen LogP contribution in [-0.4, -0.2) is 37.9 Å². The van der Waals surface area contributed by atoms with E-state index in [2.05, 4.69) is 67.4 Å². The molecule has 0 bridgehead atoms. The van der Waals surface area contributed by atoms with Crippen molar-refractivity contribution in [3.8, 4) is 0 Å². The minimum absolute atomic E-state index is 0.503. The average Bonchev–Trinajstić information content (AvgIpc) is 2.72. The zero-order valence-corrected chi connectivity index (χ0v) is 19.5. The van der Waals surface area contributed by atoms with E-state index in [1.807, 2.05) is 32.3 Å². The highest BCUT2D eigenvalue weighted by Gasteiger charge is 2.10. The fourth-order valence-corrected chi connectivity index (χ4v) is 3.18. The number of benzene rings is 2. The van der Waals surface area contributed by atoms with E-state index in [4.69, 9.17) is 16.5 Å². The van der Waals surface area contributed by atoms with E-state index in [0.29, 0.717) is 12.5 Å². The van der Waals surface area contributed by atoms with E-state index in [-0.39, 0.29) is 0 Å². The normalized spacial score (nSPS) is 12.9. The van der Waals surface area contributed by atoms with Crippen molar-refractivity contribution in [1.82, 2.24) is 4.90 Å². The molecule has 0 unspecified atom stereocenters. The molecule has 5 nitrogen and oxygen atoms in total. The lowest BCUT2D eigenvalue weighted by molar-refractivity contribution is 0.420. The SMILES string of the molecule is C/C(=C/C=C\N)Cc1ccc(C(=NCCN(C)C)Nc2ccc(C(C)C)cc2)c(N)c1. The maximum absolute atomic E-state index is 6.46. The van der Waals surface area contributed by atoms with Gasteiger partial charge < -0.3 is 21.7 Å². The fraction of sp³-hybridized carbons (Fsp3) is 0.346. The first-order valence-electron chi connectivity index (χ1n) is 10.8. The molecule has 2 aromatic rings. The van der Waals surface area contributed by atoms with Gasteiger partial charge in [0.05, 0.1) is 6.54 Å². The quantitative estimate of drug-likeness (QED) is 0.237. The lowest BCUT2D eigenvalue weighted by Crippen LogP contribution is -2.20. The number of hydrogen-bond acceptors (Lipinski definition) is 4. The van der Waals surface area contributed by atoms with Crippen molar-refractivity contribution in [2.45, 2.75) is 33.1 Å². The first-order chi connectivity index (χ1) is 14.8. The predicted octanol–water partition coefficient (Wildman–Crippen LogP) is 4.77. The molecule has 5 heteroatoms. The van der Waals surface area contributed by atoms with Crippen LogP contribution in [0.4, 0.5) is 11.4 Å². The van der Waals surface area contributed by atoms with Gasteiger partial charge >= 0.3 is 0 Å². The molecule has 166 valence electrons. The Morgan fingerprint density at radius 1 is 1.13 bits per heavy atom. The summed E-state index contributed by atoms with van der Waals surface area (Å²) < 4.78 is 0. The summed E-state index contributed by atoms with van der Waals surface area (Å²) in [7, 11) is 4.10. The lowest BCUT2D eigenvalue weighted by Gasteiger charge is -2.15. The second kappa shape index (κ2) is 12.0. The molecule has 0 aromatic heterocycles. The fourth-order valence-electron chi connectivity index (χ4n) is 3.18. The van der Waals surface area contributed by atoms with E-state index in [1.165, 1.54) is 17.3 Å². The summed E-state index contributed by atoms with van der Waals surface area (Å²) >= 11 is 0. The average molecular weight is 420 g/mol. The molecule has 2 rings (SSSR count). The van der Waals surface area contributed by atoms with Crippen molar-refractivity contribution in [2.75, 3.05) is 38.2 Å². The van der Waals surface area contributed by atoms with E-state index < -0.39 is 0 Å². The zero-order valence-electron chi connectivity index (χ0n) is 19.5. The Morgan fingerprint density at radius 2 is 1.84 bits per heavy atom. The minimum atomic E-state index is 0.503. The number of aliphatic imine (C=N–C) groups is 1. The maximum Gasteiger partial charge on any atom is 0.134 e. The highest BCUT2D eigenvalue weighted by atomic mass is 15.1. The summed E-state index contributed by atoms with van der Waals surface area (Å²) in [6.07, 6.45) is 6.22. The Hall–Kier alpha value is -3.05. The van der Waals surface area contributed by atoms with Crippen LogP contribution in [-0.2, 0) is 6.42 Å². The summed E-state index contributed by atoms with van der Waals surface area (Å²) in [4.78, 5) is 6.95. The zero-order chi connectivity index (χ0) is 22.8. The van der Waals surface area contributed by atoms with Crippen molar-refractivity contribution < 1.29 is 0 Å². The van der Waals surface area contributed by atoms with Crippen LogP contribution < -0.4 is 16.8 Å². The second-order valence-corrected chi connectivity index (χ2v) is 8.43. The monoisotopic (exact) mass is 419 g/mol. The number of allylic oxidation sites excluding steroid dienone is 3. The van der Waals surface area contributed by atoms with Crippen LogP contribution in [0.2, 0.25) is 0 Å². The number of rotatable bonds is 9. The third-order valence-electron chi connectivity index (χ3n) is 5.00. The van der Waals surface area contributed by atoms with E-state index in [0.717, 1.165) is 41.3 Å². The molecule has 0 heterocycles. The molecule has 0 radical (unpaired) electrons. The number of nitrogens with two attached hydrogens (primary N) is 2. The van der Waals surface area contributed by atoms with Gasteiger partial charge in [-0.1, -0.05) is 43.7 Å². The van der Waals surface area contributed by atoms with Crippen molar-refractivity contribution >= 4 is 17.2 Å². The first-order valence-corrected chi connectivity index (χ1v) is 10.8. The maximum atomic E-state index is 6.46. The molecule has 0 amide bonds. The molecule has 0 aliphatic heterocycles. The van der Waals surface area contributed by atoms with E-state index in [1.54, 1.807) is 0 Å². The standard InChI is InChI=1S/C26H37N5/c1-19(2)22-9-11-23(12-10-22)30-26(29-15-16-31(4)5)24-13-8-21(18-25(24)28)17-20(3)7-6-14-27/h6-14,18-19H,15-17,27-28H2,1-5H3,(H,29,30)/b14-6-,20-7-. The van der Waals surface area contributed by atoms with Crippen LogP contribution in [0.5, 0.6) is 0 Å². The van der Waals surface area contributed by atoms with Crippen LogP contribution in [0.3, 0.4) is 0 Å². The van der Waals surface area contributed by atoms with Crippen LogP contribution in [0.15, 0.2) is 71.4 Å². The van der Waals surface area contributed by atoms with Crippen molar-refractivity contribution in [1.29, 1.82) is 0 Å². The summed E-state index contributed by atoms with van der Waals surface area (Å²) in [6, 6.07) is 14.7. The van der Waals surface area contributed by atoms with Gasteiger partial charge in [0.1, 0.15) is 5.84 Å². The van der Waals surface area contributed by atoms with Gasteiger partial charge in [0, 0.05) is 23.5 Å². The third kappa shape index (κ3) is 7.95. The van der Waals surface area contributed by atoms with Gasteiger partial charge in [0.15, 0.2) is 0 Å². The smallest absolute Gasteiger partial charge is 0.134 e. The Balaban J connectivity index is 2.28. The van der Waals surface area contributed by atoms with Crippen molar-refractivity contribution in [3.63, 3.8) is 0 Å². The van der Waals surface area contributed by atoms with Gasteiger partial charge in [0.25, 0.3) is 0 Å². The first kappa shape index (κ1) is 24.2. The van der Waals surface area contributed by atoms with Crippen LogP contribution in [0, 0.1) is 0 Å². The summed E-state index contributed by atoms with van der Waals surface area (Å²) in [5.41, 5.74) is 18.2. The summed E-state index contributed by atoms with van der Waals surface area (Å²) in [5.74, 6) is 1.30. The molecule has 0 fully saturated rings. The van der Waals surface area contributed by atoms with Crippen LogP contribution in [0.1, 0.15) is 43.4 Å². The molecule has 0 saturated carbocycles. The lowest BCUT2D eigenvalue weighted by atomic mass is 10.0. The number of hydrogen-bond donors (Lipinski definition) is 3. The number of amidine groups is 1. The van der Waals surface area contributed by atoms with Crippen molar-refractivity contribution in [3.05, 3.63) is 83.1 Å². The van der Waals surface area contributed by atoms with Gasteiger partial charge in [-0.15, -0.1) is 0 Å². The number of nitrogen functional groups attached to an aromatic ring is 1. The van der Waals surface area contributed by atoms with Crippen LogP contribution in [0.25, 0.3) is 0 Å². The molecular weight excluding hydrogens is 382 g/mol. The molecule has 31 heavy (non-hydrogen) atoms. The molecule has 0 aliphatic carbocycles. The van der Waals surface area contributed by atoms with E-state index >= 15 is 0 Å². The molecule has 5 N–H and O–H groups in total. The van der Waals surface area contributed by atoms with Crippen molar-refractivity contribution in [2.24, 2.45) is 10.7 Å². The Kier molecular flexibility index (Phi) is 9.35.